The molecular weight excluding hydrogens is 246 g/mol. The maximum atomic E-state index is 4.60. The van der Waals surface area contributed by atoms with Gasteiger partial charge in [0, 0.05) is 18.3 Å². The van der Waals surface area contributed by atoms with Gasteiger partial charge in [0.05, 0.1) is 5.69 Å². The predicted octanol–water partition coefficient (Wildman–Crippen LogP) is 3.13. The van der Waals surface area contributed by atoms with Crippen LogP contribution in [-0.2, 0) is 6.54 Å². The number of aryl methyl sites for hydroxylation is 1. The summed E-state index contributed by atoms with van der Waals surface area (Å²) >= 11 is 0. The highest BCUT2D eigenvalue weighted by Crippen LogP contribution is 2.12. The second-order valence-corrected chi connectivity index (χ2v) is 5.93. The molecule has 1 aromatic rings. The second kappa shape index (κ2) is 8.38. The molecule has 2 rings (SSSR count). The largest absolute Gasteiger partial charge is 0.314 e. The lowest BCUT2D eigenvalue weighted by atomic mass is 10.0. The standard InChI is InChI=1S/C17H29N3/c1-3-20(14-17-10-6-8-15(2)19-17)13-7-11-16-9-4-5-12-18-16/h6,8,10,16,18H,3-5,7,9,11-14H2,1-2H3. The molecule has 1 N–H and O–H groups in total. The third-order valence-corrected chi connectivity index (χ3v) is 4.22. The van der Waals surface area contributed by atoms with Crippen molar-refractivity contribution in [1.29, 1.82) is 0 Å². The van der Waals surface area contributed by atoms with Gasteiger partial charge in [0.15, 0.2) is 0 Å². The molecule has 1 aromatic heterocycles. The van der Waals surface area contributed by atoms with Crippen LogP contribution in [0.5, 0.6) is 0 Å². The first-order chi connectivity index (χ1) is 9.78. The van der Waals surface area contributed by atoms with Crippen molar-refractivity contribution in [2.24, 2.45) is 0 Å². The van der Waals surface area contributed by atoms with E-state index < -0.39 is 0 Å². The Labute approximate surface area is 123 Å². The van der Waals surface area contributed by atoms with E-state index in [1.54, 1.807) is 0 Å². The van der Waals surface area contributed by atoms with Crippen LogP contribution in [0.3, 0.4) is 0 Å². The average molecular weight is 275 g/mol. The van der Waals surface area contributed by atoms with Gasteiger partial charge in [-0.05, 0) is 64.4 Å². The van der Waals surface area contributed by atoms with Crippen LogP contribution in [0.2, 0.25) is 0 Å². The number of nitrogens with zero attached hydrogens (tertiary/aromatic N) is 2. The van der Waals surface area contributed by atoms with Crippen LogP contribution in [0.25, 0.3) is 0 Å². The highest BCUT2D eigenvalue weighted by atomic mass is 15.1. The van der Waals surface area contributed by atoms with Crippen LogP contribution >= 0.6 is 0 Å². The lowest BCUT2D eigenvalue weighted by Gasteiger charge is -2.25. The summed E-state index contributed by atoms with van der Waals surface area (Å²) in [6.45, 7) is 8.80. The Morgan fingerprint density at radius 1 is 1.35 bits per heavy atom. The number of aromatic nitrogens is 1. The molecular formula is C17H29N3. The zero-order chi connectivity index (χ0) is 14.2. The SMILES string of the molecule is CCN(CCCC1CCCCN1)Cc1cccc(C)n1. The van der Waals surface area contributed by atoms with Crippen molar-refractivity contribution in [1.82, 2.24) is 15.2 Å². The van der Waals surface area contributed by atoms with Crippen molar-refractivity contribution in [3.63, 3.8) is 0 Å². The van der Waals surface area contributed by atoms with Crippen molar-refractivity contribution < 1.29 is 0 Å². The third-order valence-electron chi connectivity index (χ3n) is 4.22. The fraction of sp³-hybridized carbons (Fsp3) is 0.706. The van der Waals surface area contributed by atoms with Gasteiger partial charge in [0.1, 0.15) is 0 Å². The van der Waals surface area contributed by atoms with Crippen LogP contribution < -0.4 is 5.32 Å². The van der Waals surface area contributed by atoms with Gasteiger partial charge < -0.3 is 5.32 Å². The molecule has 0 amide bonds. The minimum Gasteiger partial charge on any atom is -0.314 e. The molecule has 1 saturated heterocycles. The van der Waals surface area contributed by atoms with E-state index in [2.05, 4.69) is 47.2 Å². The molecule has 112 valence electrons. The predicted molar refractivity (Wildman–Crippen MR) is 84.8 cm³/mol. The monoisotopic (exact) mass is 275 g/mol. The summed E-state index contributed by atoms with van der Waals surface area (Å²) in [5.41, 5.74) is 2.31. The summed E-state index contributed by atoms with van der Waals surface area (Å²) in [5, 5.41) is 3.64. The molecule has 0 aliphatic carbocycles. The molecule has 20 heavy (non-hydrogen) atoms. The number of hydrogen-bond donors (Lipinski definition) is 1. The van der Waals surface area contributed by atoms with Crippen molar-refractivity contribution in [3.05, 3.63) is 29.6 Å². The van der Waals surface area contributed by atoms with E-state index in [1.165, 1.54) is 50.9 Å². The summed E-state index contributed by atoms with van der Waals surface area (Å²) in [5.74, 6) is 0. The lowest BCUT2D eigenvalue weighted by molar-refractivity contribution is 0.259. The van der Waals surface area contributed by atoms with Gasteiger partial charge in [-0.3, -0.25) is 9.88 Å². The molecule has 0 bridgehead atoms. The molecule has 1 aliphatic heterocycles. The molecule has 1 unspecified atom stereocenters. The zero-order valence-electron chi connectivity index (χ0n) is 13.1. The summed E-state index contributed by atoms with van der Waals surface area (Å²) in [6, 6.07) is 7.07. The van der Waals surface area contributed by atoms with Crippen LogP contribution in [0.4, 0.5) is 0 Å². The third kappa shape index (κ3) is 5.22. The number of pyridine rings is 1. The van der Waals surface area contributed by atoms with E-state index in [0.29, 0.717) is 0 Å². The van der Waals surface area contributed by atoms with Gasteiger partial charge in [-0.1, -0.05) is 19.4 Å². The summed E-state index contributed by atoms with van der Waals surface area (Å²) in [6.07, 6.45) is 6.74. The molecule has 0 aromatic carbocycles. The normalized spacial score (nSPS) is 19.4. The van der Waals surface area contributed by atoms with E-state index in [1.807, 2.05) is 0 Å². The number of piperidine rings is 1. The number of hydrogen-bond acceptors (Lipinski definition) is 3. The summed E-state index contributed by atoms with van der Waals surface area (Å²) in [7, 11) is 0. The minimum absolute atomic E-state index is 0.763. The van der Waals surface area contributed by atoms with E-state index in [-0.39, 0.29) is 0 Å². The van der Waals surface area contributed by atoms with E-state index in [0.717, 1.165) is 24.8 Å². The Hall–Kier alpha value is -0.930. The van der Waals surface area contributed by atoms with E-state index >= 15 is 0 Å². The highest BCUT2D eigenvalue weighted by Gasteiger charge is 2.12. The smallest absolute Gasteiger partial charge is 0.0547 e. The Bertz CT molecular complexity index is 386. The highest BCUT2D eigenvalue weighted by molar-refractivity contribution is 5.09. The molecule has 1 atom stereocenters. The molecule has 0 saturated carbocycles. The van der Waals surface area contributed by atoms with E-state index in [4.69, 9.17) is 0 Å². The van der Waals surface area contributed by atoms with Gasteiger partial charge in [0.2, 0.25) is 0 Å². The van der Waals surface area contributed by atoms with Crippen molar-refractivity contribution in [3.8, 4) is 0 Å². The summed E-state index contributed by atoms with van der Waals surface area (Å²) in [4.78, 5) is 7.11. The number of nitrogens with one attached hydrogen (secondary N) is 1. The van der Waals surface area contributed by atoms with Gasteiger partial charge in [-0.2, -0.15) is 0 Å². The van der Waals surface area contributed by atoms with Crippen LogP contribution in [0.1, 0.15) is 50.4 Å². The molecule has 1 fully saturated rings. The topological polar surface area (TPSA) is 28.2 Å². The zero-order valence-corrected chi connectivity index (χ0v) is 13.1. The van der Waals surface area contributed by atoms with Gasteiger partial charge in [-0.25, -0.2) is 0 Å². The van der Waals surface area contributed by atoms with Crippen LogP contribution in [-0.4, -0.2) is 35.6 Å². The van der Waals surface area contributed by atoms with Crippen molar-refractivity contribution in [2.45, 2.75) is 58.5 Å². The molecule has 2 heterocycles. The second-order valence-electron chi connectivity index (χ2n) is 5.93. The molecule has 0 radical (unpaired) electrons. The van der Waals surface area contributed by atoms with Crippen molar-refractivity contribution in [2.75, 3.05) is 19.6 Å². The van der Waals surface area contributed by atoms with Crippen molar-refractivity contribution >= 4 is 0 Å². The number of rotatable bonds is 7. The van der Waals surface area contributed by atoms with Gasteiger partial charge >= 0.3 is 0 Å². The first kappa shape index (κ1) is 15.5. The maximum absolute atomic E-state index is 4.60. The first-order valence-corrected chi connectivity index (χ1v) is 8.16. The Balaban J connectivity index is 1.71. The van der Waals surface area contributed by atoms with Crippen LogP contribution in [0.15, 0.2) is 18.2 Å². The molecule has 1 aliphatic rings. The van der Waals surface area contributed by atoms with Gasteiger partial charge in [0.25, 0.3) is 0 Å². The lowest BCUT2D eigenvalue weighted by Crippen LogP contribution is -2.34. The van der Waals surface area contributed by atoms with E-state index in [9.17, 15) is 0 Å². The fourth-order valence-electron chi connectivity index (χ4n) is 3.00. The summed E-state index contributed by atoms with van der Waals surface area (Å²) < 4.78 is 0. The average Bonchev–Trinajstić information content (AvgIpc) is 2.47. The molecule has 3 nitrogen and oxygen atoms in total. The quantitative estimate of drug-likeness (QED) is 0.828. The first-order valence-electron chi connectivity index (χ1n) is 8.16. The maximum Gasteiger partial charge on any atom is 0.0547 e. The Kier molecular flexibility index (Phi) is 6.48. The fourth-order valence-corrected chi connectivity index (χ4v) is 3.00. The Morgan fingerprint density at radius 3 is 2.95 bits per heavy atom. The Morgan fingerprint density at radius 2 is 2.25 bits per heavy atom. The van der Waals surface area contributed by atoms with Crippen LogP contribution in [0, 0.1) is 6.92 Å². The molecule has 3 heteroatoms. The minimum atomic E-state index is 0.763. The molecule has 0 spiro atoms. The van der Waals surface area contributed by atoms with Gasteiger partial charge in [-0.15, -0.1) is 0 Å².